The minimum absolute atomic E-state index is 0.465. The maximum absolute atomic E-state index is 3.18. The van der Waals surface area contributed by atoms with Gasteiger partial charge in [0.2, 0.25) is 0 Å². The van der Waals surface area contributed by atoms with Gasteiger partial charge in [0.05, 0.1) is 0 Å². The Kier molecular flexibility index (Phi) is 5.23. The molecule has 0 heterocycles. The van der Waals surface area contributed by atoms with Gasteiger partial charge in [-0.25, -0.2) is 0 Å². The third kappa shape index (κ3) is 7.80. The van der Waals surface area contributed by atoms with E-state index in [2.05, 4.69) is 45.2 Å². The molecule has 0 aliphatic rings. The van der Waals surface area contributed by atoms with Crippen molar-refractivity contribution in [2.45, 2.75) is 46.6 Å². The smallest absolute Gasteiger partial charge is 0.0218 e. The van der Waals surface area contributed by atoms with Crippen molar-refractivity contribution < 1.29 is 0 Å². The zero-order valence-electron chi connectivity index (χ0n) is 9.15. The predicted octanol–water partition coefficient (Wildman–Crippen LogP) is 2.98. The van der Waals surface area contributed by atoms with Crippen LogP contribution in [0.15, 0.2) is 12.2 Å². The molecule has 0 aliphatic heterocycles. The molecular formula is C11H23N. The van der Waals surface area contributed by atoms with E-state index >= 15 is 0 Å². The molecular weight excluding hydrogens is 146 g/mol. The fourth-order valence-electron chi connectivity index (χ4n) is 0.913. The van der Waals surface area contributed by atoms with Crippen LogP contribution in [0, 0.1) is 5.41 Å². The van der Waals surface area contributed by atoms with Crippen molar-refractivity contribution in [3.63, 3.8) is 0 Å². The summed E-state index contributed by atoms with van der Waals surface area (Å²) in [4.78, 5) is 0. The van der Waals surface area contributed by atoms with Gasteiger partial charge in [0, 0.05) is 6.04 Å². The van der Waals surface area contributed by atoms with Crippen LogP contribution in [0.5, 0.6) is 0 Å². The van der Waals surface area contributed by atoms with Crippen molar-refractivity contribution >= 4 is 0 Å². The van der Waals surface area contributed by atoms with Crippen LogP contribution >= 0.6 is 0 Å². The zero-order chi connectivity index (χ0) is 9.61. The Morgan fingerprint density at radius 3 is 2.33 bits per heavy atom. The standard InChI is InChI=1S/C11H23N/c1-10(12-5)8-6-7-9-11(2,3)4/h6,8,10,12H,7,9H2,1-5H3/b8-6+. The van der Waals surface area contributed by atoms with E-state index in [0.29, 0.717) is 11.5 Å². The van der Waals surface area contributed by atoms with Gasteiger partial charge < -0.3 is 5.32 Å². The summed E-state index contributed by atoms with van der Waals surface area (Å²) >= 11 is 0. The Morgan fingerprint density at radius 1 is 1.33 bits per heavy atom. The fraction of sp³-hybridized carbons (Fsp3) is 0.818. The molecule has 0 aromatic heterocycles. The summed E-state index contributed by atoms with van der Waals surface area (Å²) < 4.78 is 0. The first-order chi connectivity index (χ1) is 5.45. The number of nitrogens with one attached hydrogen (secondary N) is 1. The highest BCUT2D eigenvalue weighted by Gasteiger charge is 2.07. The van der Waals surface area contributed by atoms with E-state index in [4.69, 9.17) is 0 Å². The molecule has 0 spiro atoms. The van der Waals surface area contributed by atoms with E-state index in [1.807, 2.05) is 7.05 Å². The lowest BCUT2D eigenvalue weighted by molar-refractivity contribution is 0.381. The maximum Gasteiger partial charge on any atom is 0.0218 e. The summed E-state index contributed by atoms with van der Waals surface area (Å²) in [7, 11) is 1.98. The number of rotatable bonds is 4. The zero-order valence-corrected chi connectivity index (χ0v) is 9.15. The quantitative estimate of drug-likeness (QED) is 0.638. The lowest BCUT2D eigenvalue weighted by atomic mass is 9.90. The summed E-state index contributed by atoms with van der Waals surface area (Å²) in [6, 6.07) is 0.505. The van der Waals surface area contributed by atoms with Crippen molar-refractivity contribution in [3.8, 4) is 0 Å². The summed E-state index contributed by atoms with van der Waals surface area (Å²) in [6.45, 7) is 9.00. The Labute approximate surface area is 77.2 Å². The van der Waals surface area contributed by atoms with Crippen LogP contribution in [-0.4, -0.2) is 13.1 Å². The first-order valence-corrected chi connectivity index (χ1v) is 4.79. The summed E-state index contributed by atoms with van der Waals surface area (Å²) in [5.74, 6) is 0. The van der Waals surface area contributed by atoms with Crippen molar-refractivity contribution in [3.05, 3.63) is 12.2 Å². The first-order valence-electron chi connectivity index (χ1n) is 4.79. The molecule has 0 saturated carbocycles. The van der Waals surface area contributed by atoms with Gasteiger partial charge in [-0.3, -0.25) is 0 Å². The van der Waals surface area contributed by atoms with E-state index < -0.39 is 0 Å². The Bertz CT molecular complexity index is 130. The SMILES string of the molecule is CNC(C)/C=C/CCC(C)(C)C. The monoisotopic (exact) mass is 169 g/mol. The highest BCUT2D eigenvalue weighted by atomic mass is 14.8. The molecule has 0 bridgehead atoms. The van der Waals surface area contributed by atoms with E-state index in [1.54, 1.807) is 0 Å². The molecule has 0 aliphatic carbocycles. The minimum atomic E-state index is 0.465. The number of hydrogen-bond acceptors (Lipinski definition) is 1. The van der Waals surface area contributed by atoms with Gasteiger partial charge >= 0.3 is 0 Å². The molecule has 1 atom stereocenters. The van der Waals surface area contributed by atoms with Crippen LogP contribution in [0.4, 0.5) is 0 Å². The van der Waals surface area contributed by atoms with Crippen molar-refractivity contribution in [1.82, 2.24) is 5.32 Å². The Hall–Kier alpha value is -0.300. The lowest BCUT2D eigenvalue weighted by Gasteiger charge is -2.16. The van der Waals surface area contributed by atoms with Gasteiger partial charge in [-0.15, -0.1) is 0 Å². The predicted molar refractivity (Wildman–Crippen MR) is 56.4 cm³/mol. The van der Waals surface area contributed by atoms with Gasteiger partial charge in [0.1, 0.15) is 0 Å². The van der Waals surface area contributed by atoms with Gasteiger partial charge in [-0.2, -0.15) is 0 Å². The summed E-state index contributed by atoms with van der Waals surface area (Å²) in [5, 5.41) is 3.18. The van der Waals surface area contributed by atoms with Gasteiger partial charge in [0.15, 0.2) is 0 Å². The topological polar surface area (TPSA) is 12.0 Å². The molecule has 12 heavy (non-hydrogen) atoms. The second-order valence-electron chi connectivity index (χ2n) is 4.60. The molecule has 1 unspecified atom stereocenters. The van der Waals surface area contributed by atoms with E-state index in [1.165, 1.54) is 12.8 Å². The van der Waals surface area contributed by atoms with Crippen molar-refractivity contribution in [2.24, 2.45) is 5.41 Å². The lowest BCUT2D eigenvalue weighted by Crippen LogP contribution is -2.17. The molecule has 1 nitrogen and oxygen atoms in total. The van der Waals surface area contributed by atoms with Crippen molar-refractivity contribution in [1.29, 1.82) is 0 Å². The molecule has 0 rings (SSSR count). The number of allylic oxidation sites excluding steroid dienone is 1. The normalized spacial score (nSPS) is 15.4. The van der Waals surface area contributed by atoms with Crippen LogP contribution in [-0.2, 0) is 0 Å². The van der Waals surface area contributed by atoms with Gasteiger partial charge in [0.25, 0.3) is 0 Å². The summed E-state index contributed by atoms with van der Waals surface area (Å²) in [6.07, 6.45) is 6.95. The van der Waals surface area contributed by atoms with Crippen LogP contribution in [0.2, 0.25) is 0 Å². The highest BCUT2D eigenvalue weighted by Crippen LogP contribution is 2.20. The number of likely N-dealkylation sites (N-methyl/N-ethyl adjacent to an activating group) is 1. The maximum atomic E-state index is 3.18. The molecule has 0 amide bonds. The molecule has 1 N–H and O–H groups in total. The van der Waals surface area contributed by atoms with Gasteiger partial charge in [-0.05, 0) is 32.2 Å². The number of hydrogen-bond donors (Lipinski definition) is 1. The minimum Gasteiger partial charge on any atom is -0.314 e. The molecule has 0 saturated heterocycles. The largest absolute Gasteiger partial charge is 0.314 e. The first kappa shape index (κ1) is 11.7. The third-order valence-electron chi connectivity index (χ3n) is 1.94. The van der Waals surface area contributed by atoms with E-state index in [9.17, 15) is 0 Å². The molecule has 72 valence electrons. The average Bonchev–Trinajstić information content (AvgIpc) is 1.96. The Morgan fingerprint density at radius 2 is 1.92 bits per heavy atom. The summed E-state index contributed by atoms with van der Waals surface area (Å²) in [5.41, 5.74) is 0.465. The Balaban J connectivity index is 3.49. The van der Waals surface area contributed by atoms with Gasteiger partial charge in [-0.1, -0.05) is 32.9 Å². The molecule has 0 aromatic carbocycles. The van der Waals surface area contributed by atoms with E-state index in [-0.39, 0.29) is 0 Å². The molecule has 1 heteroatoms. The third-order valence-corrected chi connectivity index (χ3v) is 1.94. The van der Waals surface area contributed by atoms with Crippen LogP contribution in [0.25, 0.3) is 0 Å². The molecule has 0 radical (unpaired) electrons. The molecule has 0 fully saturated rings. The van der Waals surface area contributed by atoms with Crippen LogP contribution in [0.1, 0.15) is 40.5 Å². The fourth-order valence-corrected chi connectivity index (χ4v) is 0.913. The second kappa shape index (κ2) is 5.36. The molecule has 0 aromatic rings. The van der Waals surface area contributed by atoms with Crippen molar-refractivity contribution in [2.75, 3.05) is 7.05 Å². The second-order valence-corrected chi connectivity index (χ2v) is 4.60. The van der Waals surface area contributed by atoms with E-state index in [0.717, 1.165) is 0 Å². The average molecular weight is 169 g/mol. The highest BCUT2D eigenvalue weighted by molar-refractivity contribution is 4.90. The van der Waals surface area contributed by atoms with Crippen LogP contribution in [0.3, 0.4) is 0 Å². The van der Waals surface area contributed by atoms with Crippen LogP contribution < -0.4 is 5.32 Å².